The number of halogens is 1. The van der Waals surface area contributed by atoms with Crippen LogP contribution in [0.25, 0.3) is 0 Å². The van der Waals surface area contributed by atoms with Crippen LogP contribution in [0.5, 0.6) is 5.75 Å². The Hall–Kier alpha value is -2.11. The molecule has 1 aliphatic rings. The first-order valence-electron chi connectivity index (χ1n) is 6.94. The van der Waals surface area contributed by atoms with Crippen molar-refractivity contribution in [1.82, 2.24) is 5.32 Å². The van der Waals surface area contributed by atoms with Crippen LogP contribution in [-0.4, -0.2) is 24.5 Å². The highest BCUT2D eigenvalue weighted by Gasteiger charge is 2.39. The van der Waals surface area contributed by atoms with Gasteiger partial charge in [0.2, 0.25) is 5.91 Å². The first-order valence-corrected chi connectivity index (χ1v) is 6.94. The number of hydrogen-bond donors (Lipinski definition) is 2. The maximum Gasteiger partial charge on any atom is 0.252 e. The van der Waals surface area contributed by atoms with Crippen molar-refractivity contribution in [1.29, 1.82) is 0 Å². The number of primary amides is 1. The van der Waals surface area contributed by atoms with Crippen LogP contribution in [0.15, 0.2) is 18.2 Å². The number of rotatable bonds is 4. The number of carbonyl (C=O) groups excluding carboxylic acids is 2. The van der Waals surface area contributed by atoms with Gasteiger partial charge in [-0.3, -0.25) is 9.59 Å². The predicted octanol–water partition coefficient (Wildman–Crippen LogP) is 1.75. The molecule has 21 heavy (non-hydrogen) atoms. The van der Waals surface area contributed by atoms with E-state index in [1.54, 1.807) is 0 Å². The van der Waals surface area contributed by atoms with Crippen LogP contribution < -0.4 is 15.8 Å². The van der Waals surface area contributed by atoms with E-state index in [0.717, 1.165) is 25.3 Å². The van der Waals surface area contributed by atoms with Gasteiger partial charge in [0.05, 0.1) is 7.11 Å². The number of hydrogen-bond acceptors (Lipinski definition) is 3. The molecule has 2 rings (SSSR count). The summed E-state index contributed by atoms with van der Waals surface area (Å²) in [6, 6.07) is 3.92. The molecule has 0 heterocycles. The molecule has 0 unspecified atom stereocenters. The Morgan fingerprint density at radius 1 is 1.29 bits per heavy atom. The van der Waals surface area contributed by atoms with Gasteiger partial charge in [-0.1, -0.05) is 19.3 Å². The van der Waals surface area contributed by atoms with Crippen molar-refractivity contribution >= 4 is 11.8 Å². The average molecular weight is 294 g/mol. The predicted molar refractivity (Wildman–Crippen MR) is 75.4 cm³/mol. The van der Waals surface area contributed by atoms with Crippen LogP contribution in [0, 0.1) is 5.82 Å². The van der Waals surface area contributed by atoms with Gasteiger partial charge < -0.3 is 15.8 Å². The zero-order chi connectivity index (χ0) is 15.5. The van der Waals surface area contributed by atoms with E-state index in [2.05, 4.69) is 5.32 Å². The maximum absolute atomic E-state index is 13.6. The fourth-order valence-corrected chi connectivity index (χ4v) is 2.69. The smallest absolute Gasteiger partial charge is 0.252 e. The minimum absolute atomic E-state index is 0.0637. The lowest BCUT2D eigenvalue weighted by molar-refractivity contribution is -0.125. The average Bonchev–Trinajstić information content (AvgIpc) is 2.47. The number of nitrogens with one attached hydrogen (secondary N) is 1. The van der Waals surface area contributed by atoms with E-state index >= 15 is 0 Å². The van der Waals surface area contributed by atoms with Crippen LogP contribution in [0.1, 0.15) is 42.5 Å². The van der Waals surface area contributed by atoms with Crippen molar-refractivity contribution < 1.29 is 18.7 Å². The molecule has 114 valence electrons. The summed E-state index contributed by atoms with van der Waals surface area (Å²) >= 11 is 0. The number of ether oxygens (including phenoxy) is 1. The van der Waals surface area contributed by atoms with E-state index in [0.29, 0.717) is 12.8 Å². The quantitative estimate of drug-likeness (QED) is 0.887. The van der Waals surface area contributed by atoms with Crippen molar-refractivity contribution in [2.24, 2.45) is 5.73 Å². The number of amides is 2. The molecule has 0 radical (unpaired) electrons. The molecule has 0 aromatic heterocycles. The number of nitrogens with two attached hydrogens (primary N) is 1. The largest absolute Gasteiger partial charge is 0.494 e. The third-order valence-corrected chi connectivity index (χ3v) is 3.95. The van der Waals surface area contributed by atoms with Crippen LogP contribution in [0.2, 0.25) is 0 Å². The molecular weight excluding hydrogens is 275 g/mol. The topological polar surface area (TPSA) is 81.4 Å². The van der Waals surface area contributed by atoms with Gasteiger partial charge in [-0.15, -0.1) is 0 Å². The summed E-state index contributed by atoms with van der Waals surface area (Å²) in [6.07, 6.45) is 3.72. The zero-order valence-corrected chi connectivity index (χ0v) is 11.9. The normalized spacial score (nSPS) is 17.0. The molecule has 0 spiro atoms. The Morgan fingerprint density at radius 2 is 1.95 bits per heavy atom. The van der Waals surface area contributed by atoms with E-state index in [4.69, 9.17) is 10.5 Å². The second-order valence-corrected chi connectivity index (χ2v) is 5.31. The molecule has 0 aliphatic heterocycles. The molecule has 1 aromatic rings. The Bertz CT molecular complexity index is 554. The van der Waals surface area contributed by atoms with Crippen LogP contribution in [0.4, 0.5) is 4.39 Å². The van der Waals surface area contributed by atoms with Crippen molar-refractivity contribution in [3.05, 3.63) is 29.6 Å². The van der Waals surface area contributed by atoms with Gasteiger partial charge in [0.25, 0.3) is 5.91 Å². The molecular formula is C15H19FN2O3. The molecule has 6 heteroatoms. The monoisotopic (exact) mass is 294 g/mol. The standard InChI is InChI=1S/C15H19FN2O3/c1-21-12-6-5-10(9-11(12)16)13(19)18-15(14(17)20)7-3-2-4-8-15/h5-6,9H,2-4,7-8H2,1H3,(H2,17,20)(H,18,19). The summed E-state index contributed by atoms with van der Waals surface area (Å²) in [6.45, 7) is 0. The Balaban J connectivity index is 2.19. The van der Waals surface area contributed by atoms with Crippen molar-refractivity contribution in [3.8, 4) is 5.75 Å². The second kappa shape index (κ2) is 6.11. The van der Waals surface area contributed by atoms with Crippen LogP contribution in [-0.2, 0) is 4.79 Å². The molecule has 0 saturated heterocycles. The number of methoxy groups -OCH3 is 1. The summed E-state index contributed by atoms with van der Waals surface area (Å²) in [7, 11) is 1.35. The van der Waals surface area contributed by atoms with E-state index in [9.17, 15) is 14.0 Å². The van der Waals surface area contributed by atoms with Gasteiger partial charge in [-0.05, 0) is 31.0 Å². The highest BCUT2D eigenvalue weighted by atomic mass is 19.1. The molecule has 1 fully saturated rings. The van der Waals surface area contributed by atoms with E-state index in [1.165, 1.54) is 19.2 Å². The summed E-state index contributed by atoms with van der Waals surface area (Å²) < 4.78 is 18.5. The van der Waals surface area contributed by atoms with Gasteiger partial charge in [0, 0.05) is 5.56 Å². The third-order valence-electron chi connectivity index (χ3n) is 3.95. The summed E-state index contributed by atoms with van der Waals surface area (Å²) in [5.41, 5.74) is 4.57. The van der Waals surface area contributed by atoms with E-state index in [1.807, 2.05) is 0 Å². The zero-order valence-electron chi connectivity index (χ0n) is 11.9. The van der Waals surface area contributed by atoms with E-state index < -0.39 is 23.2 Å². The first kappa shape index (κ1) is 15.3. The Labute approximate surface area is 122 Å². The number of carbonyl (C=O) groups is 2. The Morgan fingerprint density at radius 3 is 2.48 bits per heavy atom. The van der Waals surface area contributed by atoms with E-state index in [-0.39, 0.29) is 11.3 Å². The van der Waals surface area contributed by atoms with Gasteiger partial charge in [-0.25, -0.2) is 4.39 Å². The fraction of sp³-hybridized carbons (Fsp3) is 0.467. The molecule has 2 amide bonds. The summed E-state index contributed by atoms with van der Waals surface area (Å²) in [5, 5.41) is 2.69. The Kier molecular flexibility index (Phi) is 4.45. The van der Waals surface area contributed by atoms with Crippen LogP contribution in [0.3, 0.4) is 0 Å². The minimum Gasteiger partial charge on any atom is -0.494 e. The molecule has 5 nitrogen and oxygen atoms in total. The molecule has 1 aliphatic carbocycles. The lowest BCUT2D eigenvalue weighted by atomic mass is 9.81. The molecule has 3 N–H and O–H groups in total. The highest BCUT2D eigenvalue weighted by Crippen LogP contribution is 2.28. The minimum atomic E-state index is -1.02. The molecule has 1 aromatic carbocycles. The van der Waals surface area contributed by atoms with Crippen molar-refractivity contribution in [3.63, 3.8) is 0 Å². The van der Waals surface area contributed by atoms with Gasteiger partial charge in [0.15, 0.2) is 11.6 Å². The number of benzene rings is 1. The highest BCUT2D eigenvalue weighted by molar-refractivity contribution is 5.99. The van der Waals surface area contributed by atoms with Crippen molar-refractivity contribution in [2.45, 2.75) is 37.6 Å². The summed E-state index contributed by atoms with van der Waals surface area (Å²) in [5.74, 6) is -1.60. The lowest BCUT2D eigenvalue weighted by Crippen LogP contribution is -2.58. The molecule has 1 saturated carbocycles. The molecule has 0 atom stereocenters. The summed E-state index contributed by atoms with van der Waals surface area (Å²) in [4.78, 5) is 24.0. The SMILES string of the molecule is COc1ccc(C(=O)NC2(C(N)=O)CCCCC2)cc1F. The second-order valence-electron chi connectivity index (χ2n) is 5.31. The van der Waals surface area contributed by atoms with Gasteiger partial charge in [-0.2, -0.15) is 0 Å². The fourth-order valence-electron chi connectivity index (χ4n) is 2.69. The molecule has 0 bridgehead atoms. The maximum atomic E-state index is 13.6. The lowest BCUT2D eigenvalue weighted by Gasteiger charge is -2.35. The van der Waals surface area contributed by atoms with Gasteiger partial charge in [0.1, 0.15) is 5.54 Å². The third kappa shape index (κ3) is 3.15. The van der Waals surface area contributed by atoms with Gasteiger partial charge >= 0.3 is 0 Å². The van der Waals surface area contributed by atoms with Crippen molar-refractivity contribution in [2.75, 3.05) is 7.11 Å². The van der Waals surface area contributed by atoms with Crippen LogP contribution >= 0.6 is 0 Å². The first-order chi connectivity index (χ1) is 9.98.